The third kappa shape index (κ3) is 6.61. The summed E-state index contributed by atoms with van der Waals surface area (Å²) in [5, 5.41) is 90.0. The van der Waals surface area contributed by atoms with Gasteiger partial charge in [0.25, 0.3) is 0 Å². The van der Waals surface area contributed by atoms with Crippen molar-refractivity contribution < 1.29 is 39.5 Å². The van der Waals surface area contributed by atoms with Gasteiger partial charge < -0.3 is 0 Å². The number of rotatable bonds is 3. The average molecular weight is 735 g/mol. The minimum Gasteiger partial charge on any atom is -0.192 e. The Bertz CT molecular complexity index is 2300. The zero-order valence-corrected chi connectivity index (χ0v) is 25.9. The van der Waals surface area contributed by atoms with Crippen molar-refractivity contribution in [3.8, 4) is 54.6 Å². The summed E-state index contributed by atoms with van der Waals surface area (Å²) < 4.78 is 123. The number of alkyl halides is 9. The first kappa shape index (κ1) is 38.5. The van der Waals surface area contributed by atoms with E-state index in [9.17, 15) is 86.9 Å². The maximum Gasteiger partial charge on any atom is 0.416 e. The normalized spacial score (nSPS) is 11.9. The Balaban J connectivity index is 2.39. The van der Waals surface area contributed by atoms with Gasteiger partial charge >= 0.3 is 18.5 Å². The highest BCUT2D eigenvalue weighted by atomic mass is 19.4. The number of hydrogen-bond donors (Lipinski definition) is 0. The summed E-state index contributed by atoms with van der Waals surface area (Å²) >= 11 is 0. The van der Waals surface area contributed by atoms with Crippen molar-refractivity contribution in [2.45, 2.75) is 18.5 Å². The van der Waals surface area contributed by atoms with E-state index in [1.807, 2.05) is 0 Å². The number of nitrogens with zero attached hydrogens (tertiary/aromatic N) is 9. The quantitative estimate of drug-likeness (QED) is 0.187. The number of allylic oxidation sites excluding steroid dienone is 6. The van der Waals surface area contributed by atoms with Crippen LogP contribution in [-0.2, 0) is 18.5 Å². The predicted octanol–water partition coefficient (Wildman–Crippen LogP) is 8.22. The molecule has 0 saturated heterocycles. The predicted molar refractivity (Wildman–Crippen MR) is 160 cm³/mol. The summed E-state index contributed by atoms with van der Waals surface area (Å²) in [5.74, 6) is 0. The highest BCUT2D eigenvalue weighted by molar-refractivity contribution is 6.14. The highest BCUT2D eigenvalue weighted by Crippen LogP contribution is 2.57. The van der Waals surface area contributed by atoms with Gasteiger partial charge in [-0.3, -0.25) is 0 Å². The van der Waals surface area contributed by atoms with E-state index in [0.717, 1.165) is 0 Å². The molecule has 1 fully saturated rings. The lowest BCUT2D eigenvalue weighted by Gasteiger charge is -2.12. The Labute approximate surface area is 296 Å². The van der Waals surface area contributed by atoms with E-state index in [-0.39, 0.29) is 36.4 Å². The van der Waals surface area contributed by atoms with Crippen molar-refractivity contribution >= 4 is 16.7 Å². The van der Waals surface area contributed by atoms with Gasteiger partial charge in [-0.05, 0) is 36.4 Å². The van der Waals surface area contributed by atoms with Crippen molar-refractivity contribution in [3.63, 3.8) is 0 Å². The molecule has 3 aromatic rings. The van der Waals surface area contributed by atoms with Gasteiger partial charge in [0.2, 0.25) is 0 Å². The van der Waals surface area contributed by atoms with Crippen LogP contribution in [0.3, 0.4) is 0 Å². The average Bonchev–Trinajstić information content (AvgIpc) is 3.84. The van der Waals surface area contributed by atoms with Gasteiger partial charge in [-0.15, -0.1) is 0 Å². The van der Waals surface area contributed by atoms with Gasteiger partial charge in [0.1, 0.15) is 18.2 Å². The van der Waals surface area contributed by atoms with Gasteiger partial charge in [-0.2, -0.15) is 86.9 Å². The highest BCUT2D eigenvalue weighted by Gasteiger charge is 2.45. The molecular weight excluding hydrogens is 729 g/mol. The second-order valence-corrected chi connectivity index (χ2v) is 10.6. The SMILES string of the molecule is N#CC(=C1C(=C(C#N)c2c(C#N)cc(C(F)(F)F)cc2C#N)C1=C(C#N)c1c(C#N)cc(C(F)(F)F)cc1C#N)c1c(C#N)cc(C(F)(F)F)cc1C#N. The lowest BCUT2D eigenvalue weighted by molar-refractivity contribution is -0.138. The van der Waals surface area contributed by atoms with Crippen LogP contribution in [-0.4, -0.2) is 0 Å². The smallest absolute Gasteiger partial charge is 0.192 e. The van der Waals surface area contributed by atoms with E-state index in [2.05, 4.69) is 0 Å². The Morgan fingerprint density at radius 1 is 0.333 bits per heavy atom. The summed E-state index contributed by atoms with van der Waals surface area (Å²) in [6, 6.07) is 14.4. The van der Waals surface area contributed by atoms with E-state index < -0.39 is 119 Å². The first-order valence-electron chi connectivity index (χ1n) is 13.9. The molecular formula is C36H6F9N9. The molecule has 0 aliphatic heterocycles. The first-order valence-corrected chi connectivity index (χ1v) is 13.9. The molecule has 3 aromatic carbocycles. The van der Waals surface area contributed by atoms with E-state index >= 15 is 0 Å². The second kappa shape index (κ2) is 13.8. The number of nitriles is 9. The molecule has 0 heterocycles. The Morgan fingerprint density at radius 2 is 0.500 bits per heavy atom. The summed E-state index contributed by atoms with van der Waals surface area (Å²) in [5.41, 5.74) is -17.8. The van der Waals surface area contributed by atoms with Crippen molar-refractivity contribution in [2.75, 3.05) is 0 Å². The van der Waals surface area contributed by atoms with Crippen molar-refractivity contribution in [1.82, 2.24) is 0 Å². The molecule has 0 amide bonds. The minimum atomic E-state index is -5.14. The van der Waals surface area contributed by atoms with Crippen molar-refractivity contribution in [1.29, 1.82) is 47.4 Å². The Morgan fingerprint density at radius 3 is 0.611 bits per heavy atom. The molecule has 0 spiro atoms. The monoisotopic (exact) mass is 735 g/mol. The van der Waals surface area contributed by atoms with Gasteiger partial charge in [-0.25, -0.2) is 0 Å². The molecule has 0 unspecified atom stereocenters. The molecule has 9 nitrogen and oxygen atoms in total. The first-order chi connectivity index (χ1) is 25.3. The lowest BCUT2D eigenvalue weighted by Crippen LogP contribution is -2.08. The molecule has 258 valence electrons. The maximum atomic E-state index is 13.7. The molecule has 18 heteroatoms. The van der Waals surface area contributed by atoms with Crippen LogP contribution in [0.15, 0.2) is 53.1 Å². The molecule has 1 aliphatic carbocycles. The molecule has 54 heavy (non-hydrogen) atoms. The fourth-order valence-electron chi connectivity index (χ4n) is 5.40. The minimum absolute atomic E-state index is 0.245. The molecule has 0 bridgehead atoms. The Hall–Kier alpha value is -8.34. The molecule has 1 aliphatic rings. The zero-order valence-electron chi connectivity index (χ0n) is 25.9. The number of hydrogen-bond acceptors (Lipinski definition) is 9. The third-order valence-electron chi connectivity index (χ3n) is 7.64. The van der Waals surface area contributed by atoms with E-state index in [4.69, 9.17) is 0 Å². The molecule has 4 rings (SSSR count). The molecule has 0 atom stereocenters. The third-order valence-corrected chi connectivity index (χ3v) is 7.64. The van der Waals surface area contributed by atoms with Crippen LogP contribution < -0.4 is 0 Å². The van der Waals surface area contributed by atoms with Crippen LogP contribution in [0.4, 0.5) is 39.5 Å². The molecule has 0 N–H and O–H groups in total. The topological polar surface area (TPSA) is 214 Å². The number of benzene rings is 3. The summed E-state index contributed by atoms with van der Waals surface area (Å²) in [6.07, 6.45) is -15.4. The number of halogens is 9. The van der Waals surface area contributed by atoms with Crippen LogP contribution in [0.1, 0.15) is 66.8 Å². The molecule has 0 radical (unpaired) electrons. The fraction of sp³-hybridized carbons (Fsp3) is 0.0833. The van der Waals surface area contributed by atoms with E-state index in [1.165, 1.54) is 54.6 Å². The summed E-state index contributed by atoms with van der Waals surface area (Å²) in [7, 11) is 0. The van der Waals surface area contributed by atoms with Crippen molar-refractivity contribution in [3.05, 3.63) is 120 Å². The largest absolute Gasteiger partial charge is 0.416 e. The molecule has 1 saturated carbocycles. The van der Waals surface area contributed by atoms with Crippen LogP contribution in [0, 0.1) is 102 Å². The van der Waals surface area contributed by atoms with Gasteiger partial charge in [0, 0.05) is 33.4 Å². The maximum absolute atomic E-state index is 13.7. The Kier molecular flexibility index (Phi) is 9.80. The summed E-state index contributed by atoms with van der Waals surface area (Å²) in [6.45, 7) is 0. The van der Waals surface area contributed by atoms with Crippen LogP contribution >= 0.6 is 0 Å². The second-order valence-electron chi connectivity index (χ2n) is 10.6. The van der Waals surface area contributed by atoms with Gasteiger partial charge in [0.05, 0.1) is 103 Å². The van der Waals surface area contributed by atoms with Crippen LogP contribution in [0.25, 0.3) is 16.7 Å². The van der Waals surface area contributed by atoms with Gasteiger partial charge in [0.15, 0.2) is 0 Å². The van der Waals surface area contributed by atoms with Crippen LogP contribution in [0.5, 0.6) is 0 Å². The summed E-state index contributed by atoms with van der Waals surface area (Å²) in [4.78, 5) is 0. The van der Waals surface area contributed by atoms with Gasteiger partial charge in [-0.1, -0.05) is 0 Å². The fourth-order valence-corrected chi connectivity index (χ4v) is 5.40. The molecule has 0 aromatic heterocycles. The van der Waals surface area contributed by atoms with E-state index in [1.54, 1.807) is 0 Å². The van der Waals surface area contributed by atoms with Crippen LogP contribution in [0.2, 0.25) is 0 Å². The van der Waals surface area contributed by atoms with E-state index in [0.29, 0.717) is 0 Å². The lowest BCUT2D eigenvalue weighted by atomic mass is 9.91. The standard InChI is InChI=1S/C36H6F9N9/c37-34(38,39)22-1-16(7-46)28(17(2-22)8-47)25(13-52)31-32(26(14-53)29-18(9-48)3-23(35(40,41)42)4-19(29)10-49)33(31)27(15-54)30-20(11-50)5-24(36(43,44)45)6-21(30)12-51/h1-6H. The van der Waals surface area contributed by atoms with Crippen molar-refractivity contribution in [2.24, 2.45) is 0 Å². The zero-order chi connectivity index (χ0) is 40.5.